The molecule has 0 saturated carbocycles. The fraction of sp³-hybridized carbons (Fsp3) is 1.00. The molecule has 0 rings (SSSR count). The highest BCUT2D eigenvalue weighted by Crippen LogP contribution is 2.20. The molecule has 17 heavy (non-hydrogen) atoms. The largest absolute Gasteiger partial charge is 0.404 e. The predicted octanol–water partition coefficient (Wildman–Crippen LogP) is 3.28. The lowest BCUT2D eigenvalue weighted by Gasteiger charge is -2.27. The lowest BCUT2D eigenvalue weighted by atomic mass is 9.98. The summed E-state index contributed by atoms with van der Waals surface area (Å²) in [7, 11) is 0.767. The van der Waals surface area contributed by atoms with Crippen molar-refractivity contribution in [1.82, 2.24) is 0 Å². The van der Waals surface area contributed by atoms with Crippen molar-refractivity contribution < 1.29 is 9.16 Å². The summed E-state index contributed by atoms with van der Waals surface area (Å²) in [6.45, 7) is 11.3. The van der Waals surface area contributed by atoms with E-state index in [1.54, 1.807) is 0 Å². The number of unbranched alkanes of at least 4 members (excludes halogenated alkanes) is 1. The molecule has 2 nitrogen and oxygen atoms in total. The Kier molecular flexibility index (Phi) is 10.2. The van der Waals surface area contributed by atoms with Gasteiger partial charge in [-0.15, -0.1) is 0 Å². The highest BCUT2D eigenvalue weighted by atomic mass is 28.2. The smallest absolute Gasteiger partial charge is 0.149 e. The Labute approximate surface area is 111 Å². The van der Waals surface area contributed by atoms with Crippen molar-refractivity contribution in [1.29, 1.82) is 0 Å². The fourth-order valence-corrected chi connectivity index (χ4v) is 2.43. The molecule has 104 valence electrons. The van der Waals surface area contributed by atoms with Gasteiger partial charge in [0.15, 0.2) is 0 Å². The van der Waals surface area contributed by atoms with Crippen molar-refractivity contribution in [3.8, 4) is 0 Å². The minimum atomic E-state index is 0.0455. The maximum Gasteiger partial charge on any atom is 0.149 e. The van der Waals surface area contributed by atoms with Crippen LogP contribution in [0.25, 0.3) is 0 Å². The maximum atomic E-state index is 6.14. The second-order valence-electron chi connectivity index (χ2n) is 5.82. The SMILES string of the molecule is CCCCC(O[SiH3])OC(CC(C)C)CC(C)C. The second kappa shape index (κ2) is 10.1. The third-order valence-electron chi connectivity index (χ3n) is 2.87. The molecule has 0 N–H and O–H groups in total. The van der Waals surface area contributed by atoms with E-state index >= 15 is 0 Å². The van der Waals surface area contributed by atoms with Gasteiger partial charge in [0.05, 0.1) is 6.10 Å². The molecule has 3 heteroatoms. The number of hydrogen-bond donors (Lipinski definition) is 0. The average Bonchev–Trinajstić information content (AvgIpc) is 2.22. The minimum absolute atomic E-state index is 0.0455. The van der Waals surface area contributed by atoms with Crippen LogP contribution in [0.4, 0.5) is 0 Å². The summed E-state index contributed by atoms with van der Waals surface area (Å²) in [6.07, 6.45) is 6.16. The molecule has 0 spiro atoms. The Morgan fingerprint density at radius 2 is 1.53 bits per heavy atom. The standard InChI is InChI=1S/C14H32O2Si/c1-6-7-8-14(16-17)15-13(9-11(2)3)10-12(4)5/h11-14H,6-10H2,1-5,17H3. The monoisotopic (exact) mass is 260 g/mol. The van der Waals surface area contributed by atoms with Crippen LogP contribution in [0.5, 0.6) is 0 Å². The van der Waals surface area contributed by atoms with E-state index < -0.39 is 0 Å². The van der Waals surface area contributed by atoms with Gasteiger partial charge in [-0.1, -0.05) is 41.0 Å². The molecule has 0 aliphatic rings. The topological polar surface area (TPSA) is 18.5 Å². The first kappa shape index (κ1) is 17.1. The first-order chi connectivity index (χ1) is 7.99. The normalized spacial score (nSPS) is 14.1. The molecule has 0 radical (unpaired) electrons. The molecule has 0 aromatic rings. The Bertz CT molecular complexity index is 162. The zero-order chi connectivity index (χ0) is 13.3. The van der Waals surface area contributed by atoms with Crippen molar-refractivity contribution in [2.75, 3.05) is 0 Å². The number of hydrogen-bond acceptors (Lipinski definition) is 2. The van der Waals surface area contributed by atoms with Gasteiger partial charge >= 0.3 is 0 Å². The van der Waals surface area contributed by atoms with Crippen LogP contribution >= 0.6 is 0 Å². The van der Waals surface area contributed by atoms with Crippen LogP contribution < -0.4 is 0 Å². The van der Waals surface area contributed by atoms with E-state index in [0.29, 0.717) is 17.9 Å². The van der Waals surface area contributed by atoms with Crippen LogP contribution in [-0.4, -0.2) is 22.9 Å². The summed E-state index contributed by atoms with van der Waals surface area (Å²) in [5.74, 6) is 1.39. The molecule has 0 fully saturated rings. The molecule has 0 saturated heterocycles. The van der Waals surface area contributed by atoms with E-state index in [9.17, 15) is 0 Å². The highest BCUT2D eigenvalue weighted by Gasteiger charge is 2.18. The van der Waals surface area contributed by atoms with Gasteiger partial charge < -0.3 is 9.16 Å². The van der Waals surface area contributed by atoms with Crippen LogP contribution in [0.2, 0.25) is 0 Å². The van der Waals surface area contributed by atoms with Gasteiger partial charge in [-0.25, -0.2) is 0 Å². The molecule has 0 amide bonds. The quantitative estimate of drug-likeness (QED) is 0.443. The predicted molar refractivity (Wildman–Crippen MR) is 78.1 cm³/mol. The zero-order valence-corrected chi connectivity index (χ0v) is 14.7. The fourth-order valence-electron chi connectivity index (χ4n) is 2.09. The van der Waals surface area contributed by atoms with Gasteiger partial charge in [0.25, 0.3) is 0 Å². The van der Waals surface area contributed by atoms with Crippen molar-refractivity contribution in [2.45, 2.75) is 79.1 Å². The number of ether oxygens (including phenoxy) is 1. The van der Waals surface area contributed by atoms with E-state index in [1.807, 2.05) is 0 Å². The Balaban J connectivity index is 4.16. The van der Waals surface area contributed by atoms with Crippen molar-refractivity contribution in [3.63, 3.8) is 0 Å². The van der Waals surface area contributed by atoms with Gasteiger partial charge in [-0.2, -0.15) is 0 Å². The molecule has 1 unspecified atom stereocenters. The van der Waals surface area contributed by atoms with E-state index in [1.165, 1.54) is 12.8 Å². The third-order valence-corrected chi connectivity index (χ3v) is 3.39. The van der Waals surface area contributed by atoms with Gasteiger partial charge in [0, 0.05) is 0 Å². The van der Waals surface area contributed by atoms with Gasteiger partial charge in [0.1, 0.15) is 16.8 Å². The van der Waals surface area contributed by atoms with E-state index in [-0.39, 0.29) is 6.29 Å². The van der Waals surface area contributed by atoms with E-state index in [2.05, 4.69) is 34.6 Å². The zero-order valence-electron chi connectivity index (χ0n) is 12.7. The lowest BCUT2D eigenvalue weighted by molar-refractivity contribution is -0.130. The molecule has 0 heterocycles. The van der Waals surface area contributed by atoms with Crippen molar-refractivity contribution in [3.05, 3.63) is 0 Å². The van der Waals surface area contributed by atoms with E-state index in [0.717, 1.165) is 29.7 Å². The first-order valence-corrected chi connectivity index (χ1v) is 7.99. The second-order valence-corrected chi connectivity index (χ2v) is 6.30. The summed E-state index contributed by atoms with van der Waals surface area (Å²) >= 11 is 0. The van der Waals surface area contributed by atoms with Gasteiger partial charge in [0.2, 0.25) is 0 Å². The van der Waals surface area contributed by atoms with Crippen LogP contribution in [0, 0.1) is 11.8 Å². The third kappa shape index (κ3) is 9.80. The number of rotatable bonds is 10. The molecule has 0 aliphatic carbocycles. The van der Waals surface area contributed by atoms with Gasteiger partial charge in [-0.3, -0.25) is 0 Å². The Morgan fingerprint density at radius 1 is 1.00 bits per heavy atom. The summed E-state index contributed by atoms with van der Waals surface area (Å²) in [6, 6.07) is 0. The van der Waals surface area contributed by atoms with E-state index in [4.69, 9.17) is 9.16 Å². The van der Waals surface area contributed by atoms with Crippen LogP contribution in [0.1, 0.15) is 66.7 Å². The first-order valence-electron chi connectivity index (χ1n) is 7.17. The summed E-state index contributed by atoms with van der Waals surface area (Å²) in [5.41, 5.74) is 0. The minimum Gasteiger partial charge on any atom is -0.404 e. The van der Waals surface area contributed by atoms with Crippen LogP contribution in [0.3, 0.4) is 0 Å². The maximum absolute atomic E-state index is 6.14. The highest BCUT2D eigenvalue weighted by molar-refractivity contribution is 5.98. The Morgan fingerprint density at radius 3 is 1.88 bits per heavy atom. The summed E-state index contributed by atoms with van der Waals surface area (Å²) in [4.78, 5) is 0. The van der Waals surface area contributed by atoms with Crippen molar-refractivity contribution >= 4 is 10.5 Å². The average molecular weight is 260 g/mol. The summed E-state index contributed by atoms with van der Waals surface area (Å²) in [5, 5.41) is 0. The van der Waals surface area contributed by atoms with Crippen LogP contribution in [-0.2, 0) is 9.16 Å². The molecule has 1 atom stereocenters. The molecular formula is C14H32O2Si. The Hall–Kier alpha value is 0.137. The van der Waals surface area contributed by atoms with Crippen molar-refractivity contribution in [2.24, 2.45) is 11.8 Å². The lowest BCUT2D eigenvalue weighted by Crippen LogP contribution is -2.26. The molecule has 0 aromatic heterocycles. The summed E-state index contributed by atoms with van der Waals surface area (Å²) < 4.78 is 11.7. The van der Waals surface area contributed by atoms with Gasteiger partial charge in [-0.05, 0) is 37.5 Å². The molecule has 0 aromatic carbocycles. The molecular weight excluding hydrogens is 228 g/mol. The molecule has 0 bridgehead atoms. The van der Waals surface area contributed by atoms with Crippen LogP contribution in [0.15, 0.2) is 0 Å². The molecule has 0 aliphatic heterocycles.